The summed E-state index contributed by atoms with van der Waals surface area (Å²) in [5, 5.41) is 4.36. The molecule has 31 heavy (non-hydrogen) atoms. The maximum Gasteiger partial charge on any atom is 0.306 e. The molecule has 4 unspecified atom stereocenters. The number of esters is 1. The van der Waals surface area contributed by atoms with Gasteiger partial charge in [0.05, 0.1) is 12.3 Å². The van der Waals surface area contributed by atoms with Crippen LogP contribution in [0, 0.1) is 29.6 Å². The number of piperidine rings is 1. The molecule has 7 heteroatoms. The molecule has 3 heterocycles. The first-order valence-electron chi connectivity index (χ1n) is 11.3. The van der Waals surface area contributed by atoms with Crippen LogP contribution in [0.25, 0.3) is 0 Å². The van der Waals surface area contributed by atoms with Gasteiger partial charge in [0.2, 0.25) is 0 Å². The molecule has 1 N–H and O–H groups in total. The van der Waals surface area contributed by atoms with Crippen LogP contribution in [-0.2, 0) is 16.1 Å². The molecule has 6 nitrogen and oxygen atoms in total. The first kappa shape index (κ1) is 20.8. The first-order valence-corrected chi connectivity index (χ1v) is 12.1. The monoisotopic (exact) mass is 438 g/mol. The number of hydrogen-bond acceptors (Lipinski definition) is 7. The van der Waals surface area contributed by atoms with Crippen LogP contribution in [-0.4, -0.2) is 40.5 Å². The van der Waals surface area contributed by atoms with E-state index in [0.717, 1.165) is 36.2 Å². The molecule has 1 aromatic heterocycles. The van der Waals surface area contributed by atoms with Crippen molar-refractivity contribution in [1.82, 2.24) is 14.9 Å². The summed E-state index contributed by atoms with van der Waals surface area (Å²) in [4.78, 5) is 24.8. The molecule has 2 bridgehead atoms. The first-order chi connectivity index (χ1) is 15.0. The zero-order valence-corrected chi connectivity index (χ0v) is 19.2. The summed E-state index contributed by atoms with van der Waals surface area (Å²) >= 11 is 1.67. The highest BCUT2D eigenvalue weighted by atomic mass is 32.2. The molecular weight excluding hydrogens is 408 g/mol. The van der Waals surface area contributed by atoms with Crippen LogP contribution in [0.1, 0.15) is 32.8 Å². The van der Waals surface area contributed by atoms with Gasteiger partial charge in [0, 0.05) is 43.3 Å². The van der Waals surface area contributed by atoms with Gasteiger partial charge >= 0.3 is 5.97 Å². The molecule has 0 amide bonds. The highest BCUT2D eigenvalue weighted by molar-refractivity contribution is 7.99. The van der Waals surface area contributed by atoms with E-state index in [9.17, 15) is 4.79 Å². The molecule has 1 aromatic carbocycles. The second-order valence-electron chi connectivity index (χ2n) is 9.18. The average molecular weight is 439 g/mol. The smallest absolute Gasteiger partial charge is 0.306 e. The Morgan fingerprint density at radius 2 is 1.94 bits per heavy atom. The molecule has 3 aliphatic rings. The fourth-order valence-corrected chi connectivity index (χ4v) is 6.71. The Bertz CT molecular complexity index is 966. The second kappa shape index (κ2) is 8.43. The van der Waals surface area contributed by atoms with E-state index >= 15 is 0 Å². The van der Waals surface area contributed by atoms with Crippen LogP contribution in [0.4, 0.5) is 11.5 Å². The molecule has 1 saturated carbocycles. The van der Waals surface area contributed by atoms with Gasteiger partial charge in [-0.3, -0.25) is 9.69 Å². The summed E-state index contributed by atoms with van der Waals surface area (Å²) < 4.78 is 5.27. The second-order valence-corrected chi connectivity index (χ2v) is 10.2. The fraction of sp³-hybridized carbons (Fsp3) is 0.542. The third kappa shape index (κ3) is 3.94. The van der Waals surface area contributed by atoms with Gasteiger partial charge in [-0.15, -0.1) is 0 Å². The van der Waals surface area contributed by atoms with E-state index in [0.29, 0.717) is 42.6 Å². The number of carbonyl (C=O) groups is 1. The summed E-state index contributed by atoms with van der Waals surface area (Å²) in [5.41, 5.74) is 2.42. The fourth-order valence-electron chi connectivity index (χ4n) is 5.83. The number of aromatic nitrogens is 2. The summed E-state index contributed by atoms with van der Waals surface area (Å²) in [5.74, 6) is 3.67. The molecule has 4 atom stereocenters. The summed E-state index contributed by atoms with van der Waals surface area (Å²) in [7, 11) is 0. The lowest BCUT2D eigenvalue weighted by Gasteiger charge is -2.38. The predicted molar refractivity (Wildman–Crippen MR) is 121 cm³/mol. The Morgan fingerprint density at radius 3 is 2.68 bits per heavy atom. The van der Waals surface area contributed by atoms with Gasteiger partial charge in [-0.1, -0.05) is 31.7 Å². The Kier molecular flexibility index (Phi) is 5.65. The van der Waals surface area contributed by atoms with E-state index < -0.39 is 0 Å². The van der Waals surface area contributed by atoms with E-state index in [1.807, 2.05) is 6.92 Å². The molecule has 1 aliphatic carbocycles. The number of fused-ring (bicyclic) bond motifs is 4. The standard InChI is InChI=1S/C24H30N4O2S/c1-4-30-22(29)10-17-18-12-28(13-19(17)15(3)14(18)2)11-16-5-6-21-20(9-16)27-23-24(31-21)26-8-7-25-23/h5-9,14-15,17-19H,4,10-13H2,1-3H3,(H,25,27). The molecule has 2 aromatic rings. The van der Waals surface area contributed by atoms with Crippen LogP contribution >= 0.6 is 11.8 Å². The maximum absolute atomic E-state index is 12.2. The molecule has 1 saturated heterocycles. The van der Waals surface area contributed by atoms with Crippen molar-refractivity contribution in [3.05, 3.63) is 36.2 Å². The minimum Gasteiger partial charge on any atom is -0.466 e. The van der Waals surface area contributed by atoms with Crippen LogP contribution < -0.4 is 5.32 Å². The van der Waals surface area contributed by atoms with E-state index in [2.05, 4.69) is 52.2 Å². The summed E-state index contributed by atoms with van der Waals surface area (Å²) in [6.45, 7) is 10.1. The SMILES string of the molecule is CCOC(=O)CC1C2CN(Cc3ccc4c(c3)Nc3nccnc3S4)CC1C(C)C2C. The minimum absolute atomic E-state index is 0.0288. The largest absolute Gasteiger partial charge is 0.466 e. The number of rotatable bonds is 5. The topological polar surface area (TPSA) is 67.3 Å². The van der Waals surface area contributed by atoms with Gasteiger partial charge in [-0.05, 0) is 54.2 Å². The maximum atomic E-state index is 12.2. The van der Waals surface area contributed by atoms with E-state index in [1.165, 1.54) is 10.5 Å². The lowest BCUT2D eigenvalue weighted by Crippen LogP contribution is -2.43. The molecular formula is C24H30N4O2S. The van der Waals surface area contributed by atoms with Crippen LogP contribution in [0.3, 0.4) is 0 Å². The number of anilines is 2. The Hall–Kier alpha value is -2.12. The lowest BCUT2D eigenvalue weighted by atomic mass is 9.80. The number of ether oxygens (including phenoxy) is 1. The van der Waals surface area contributed by atoms with Crippen molar-refractivity contribution < 1.29 is 9.53 Å². The lowest BCUT2D eigenvalue weighted by molar-refractivity contribution is -0.145. The normalized spacial score (nSPS) is 29.1. The number of carbonyl (C=O) groups excluding carboxylic acids is 1. The third-order valence-corrected chi connectivity index (χ3v) is 8.57. The summed E-state index contributed by atoms with van der Waals surface area (Å²) in [6, 6.07) is 6.67. The van der Waals surface area contributed by atoms with Crippen molar-refractivity contribution in [3.63, 3.8) is 0 Å². The van der Waals surface area contributed by atoms with Gasteiger partial charge in [-0.25, -0.2) is 9.97 Å². The van der Waals surface area contributed by atoms with Crippen molar-refractivity contribution in [3.8, 4) is 0 Å². The molecule has 0 spiro atoms. The highest BCUT2D eigenvalue weighted by Crippen LogP contribution is 2.51. The van der Waals surface area contributed by atoms with Gasteiger partial charge < -0.3 is 10.1 Å². The van der Waals surface area contributed by atoms with Crippen molar-refractivity contribution in [1.29, 1.82) is 0 Å². The van der Waals surface area contributed by atoms with Gasteiger partial charge in [0.1, 0.15) is 5.03 Å². The van der Waals surface area contributed by atoms with Gasteiger partial charge in [-0.2, -0.15) is 0 Å². The predicted octanol–water partition coefficient (Wildman–Crippen LogP) is 4.59. The zero-order valence-electron chi connectivity index (χ0n) is 18.4. The van der Waals surface area contributed by atoms with Crippen LogP contribution in [0.15, 0.2) is 40.5 Å². The van der Waals surface area contributed by atoms with Crippen LogP contribution in [0.5, 0.6) is 0 Å². The third-order valence-electron chi connectivity index (χ3n) is 7.50. The van der Waals surface area contributed by atoms with Gasteiger partial charge in [0.25, 0.3) is 0 Å². The van der Waals surface area contributed by atoms with Gasteiger partial charge in [0.15, 0.2) is 5.82 Å². The Morgan fingerprint density at radius 1 is 1.19 bits per heavy atom. The quantitative estimate of drug-likeness (QED) is 0.585. The molecule has 0 radical (unpaired) electrons. The van der Waals surface area contributed by atoms with Crippen molar-refractivity contribution in [2.75, 3.05) is 25.0 Å². The Labute approximate surface area is 188 Å². The number of likely N-dealkylation sites (tertiary alicyclic amines) is 1. The number of nitrogens with zero attached hydrogens (tertiary/aromatic N) is 3. The van der Waals surface area contributed by atoms with E-state index in [-0.39, 0.29) is 5.97 Å². The summed E-state index contributed by atoms with van der Waals surface area (Å²) in [6.07, 6.45) is 4.03. The highest BCUT2D eigenvalue weighted by Gasteiger charge is 2.50. The Balaban J connectivity index is 1.29. The van der Waals surface area contributed by atoms with Crippen molar-refractivity contribution in [2.45, 2.75) is 43.7 Å². The molecule has 2 aliphatic heterocycles. The van der Waals surface area contributed by atoms with Crippen molar-refractivity contribution in [2.24, 2.45) is 29.6 Å². The molecule has 164 valence electrons. The van der Waals surface area contributed by atoms with Crippen molar-refractivity contribution >= 4 is 29.2 Å². The zero-order chi connectivity index (χ0) is 21.5. The number of benzene rings is 1. The molecule has 5 rings (SSSR count). The average Bonchev–Trinajstić information content (AvgIpc) is 2.89. The minimum atomic E-state index is -0.0288. The van der Waals surface area contributed by atoms with E-state index in [1.54, 1.807) is 24.2 Å². The molecule has 2 fully saturated rings. The van der Waals surface area contributed by atoms with Crippen LogP contribution in [0.2, 0.25) is 0 Å². The number of hydrogen-bond donors (Lipinski definition) is 1. The van der Waals surface area contributed by atoms with E-state index in [4.69, 9.17) is 4.74 Å². The number of nitrogens with one attached hydrogen (secondary N) is 1.